The number of methoxy groups -OCH3 is 1. The minimum atomic E-state index is -0.584. The van der Waals surface area contributed by atoms with Crippen LogP contribution >= 0.6 is 11.6 Å². The summed E-state index contributed by atoms with van der Waals surface area (Å²) in [6.45, 7) is 6.07. The lowest BCUT2D eigenvalue weighted by atomic mass is 10.2. The van der Waals surface area contributed by atoms with Crippen LogP contribution in [0.4, 0.5) is 10.6 Å². The standard InChI is InChI=1S/C12H18ClN3O3/c1-12(2,3)19-11(17)16(7-8-18-4)9-5-6-14-10(13)15-9/h5-6H,7-8H2,1-4H3. The van der Waals surface area contributed by atoms with E-state index in [4.69, 9.17) is 21.1 Å². The van der Waals surface area contributed by atoms with Crippen LogP contribution in [0.25, 0.3) is 0 Å². The topological polar surface area (TPSA) is 64.5 Å². The monoisotopic (exact) mass is 287 g/mol. The minimum absolute atomic E-state index is 0.0727. The van der Waals surface area contributed by atoms with Crippen molar-refractivity contribution in [3.05, 3.63) is 17.5 Å². The Balaban J connectivity index is 2.91. The van der Waals surface area contributed by atoms with Crippen molar-refractivity contribution in [2.45, 2.75) is 26.4 Å². The van der Waals surface area contributed by atoms with Gasteiger partial charge in [0.2, 0.25) is 5.28 Å². The zero-order chi connectivity index (χ0) is 14.5. The van der Waals surface area contributed by atoms with E-state index in [1.165, 1.54) is 11.1 Å². The number of aromatic nitrogens is 2. The molecule has 0 radical (unpaired) electrons. The average Bonchev–Trinajstić information content (AvgIpc) is 2.27. The van der Waals surface area contributed by atoms with E-state index in [1.807, 2.05) is 0 Å². The van der Waals surface area contributed by atoms with Crippen molar-refractivity contribution in [2.75, 3.05) is 25.2 Å². The first-order valence-electron chi connectivity index (χ1n) is 5.81. The molecule has 0 saturated carbocycles. The zero-order valence-corrected chi connectivity index (χ0v) is 12.3. The third kappa shape index (κ3) is 5.40. The van der Waals surface area contributed by atoms with Crippen LogP contribution in [0.3, 0.4) is 0 Å². The van der Waals surface area contributed by atoms with Crippen molar-refractivity contribution in [2.24, 2.45) is 0 Å². The van der Waals surface area contributed by atoms with Crippen LogP contribution in [0.5, 0.6) is 0 Å². The maximum Gasteiger partial charge on any atom is 0.416 e. The maximum atomic E-state index is 12.1. The summed E-state index contributed by atoms with van der Waals surface area (Å²) in [6, 6.07) is 1.59. The average molecular weight is 288 g/mol. The molecular weight excluding hydrogens is 270 g/mol. The first kappa shape index (κ1) is 15.7. The largest absolute Gasteiger partial charge is 0.443 e. The van der Waals surface area contributed by atoms with Crippen molar-refractivity contribution < 1.29 is 14.3 Å². The molecule has 0 spiro atoms. The fourth-order valence-corrected chi connectivity index (χ4v) is 1.42. The van der Waals surface area contributed by atoms with E-state index in [0.717, 1.165) is 0 Å². The van der Waals surface area contributed by atoms with E-state index in [-0.39, 0.29) is 5.28 Å². The molecule has 0 fully saturated rings. The lowest BCUT2D eigenvalue weighted by Gasteiger charge is -2.26. The molecule has 0 aliphatic carbocycles. The second-order valence-electron chi connectivity index (χ2n) is 4.81. The Bertz CT molecular complexity index is 434. The highest BCUT2D eigenvalue weighted by Gasteiger charge is 2.24. The van der Waals surface area contributed by atoms with Gasteiger partial charge in [0.25, 0.3) is 0 Å². The molecule has 1 amide bonds. The molecule has 0 unspecified atom stereocenters. The van der Waals surface area contributed by atoms with E-state index in [1.54, 1.807) is 33.9 Å². The van der Waals surface area contributed by atoms with Gasteiger partial charge in [0.1, 0.15) is 11.4 Å². The first-order chi connectivity index (χ1) is 8.83. The lowest BCUT2D eigenvalue weighted by molar-refractivity contribution is 0.0568. The van der Waals surface area contributed by atoms with E-state index >= 15 is 0 Å². The van der Waals surface area contributed by atoms with Crippen molar-refractivity contribution in [3.63, 3.8) is 0 Å². The van der Waals surface area contributed by atoms with Gasteiger partial charge in [-0.25, -0.2) is 14.8 Å². The molecule has 0 aromatic carbocycles. The predicted octanol–water partition coefficient (Wildman–Crippen LogP) is 2.52. The first-order valence-corrected chi connectivity index (χ1v) is 6.19. The van der Waals surface area contributed by atoms with E-state index < -0.39 is 11.7 Å². The van der Waals surface area contributed by atoms with E-state index in [9.17, 15) is 4.79 Å². The molecule has 0 N–H and O–H groups in total. The van der Waals surface area contributed by atoms with Crippen molar-refractivity contribution in [1.29, 1.82) is 0 Å². The molecule has 19 heavy (non-hydrogen) atoms. The number of nitrogens with zero attached hydrogens (tertiary/aromatic N) is 3. The second kappa shape index (κ2) is 6.68. The maximum absolute atomic E-state index is 12.1. The quantitative estimate of drug-likeness (QED) is 0.796. The van der Waals surface area contributed by atoms with Gasteiger partial charge in [-0.15, -0.1) is 0 Å². The summed E-state index contributed by atoms with van der Waals surface area (Å²) in [5, 5.41) is 0.0727. The Morgan fingerprint density at radius 1 is 1.47 bits per heavy atom. The predicted molar refractivity (Wildman–Crippen MR) is 72.5 cm³/mol. The number of halogens is 1. The van der Waals surface area contributed by atoms with Gasteiger partial charge in [-0.2, -0.15) is 0 Å². The molecule has 1 aromatic rings. The summed E-state index contributed by atoms with van der Waals surface area (Å²) >= 11 is 5.73. The SMILES string of the molecule is COCCN(C(=O)OC(C)(C)C)c1ccnc(Cl)n1. The molecule has 0 atom stereocenters. The second-order valence-corrected chi connectivity index (χ2v) is 5.15. The molecule has 0 bridgehead atoms. The highest BCUT2D eigenvalue weighted by atomic mass is 35.5. The van der Waals surface area contributed by atoms with Crippen molar-refractivity contribution >= 4 is 23.5 Å². The number of carbonyl (C=O) groups excluding carboxylic acids is 1. The molecule has 1 rings (SSSR count). The van der Waals surface area contributed by atoms with Gasteiger partial charge < -0.3 is 9.47 Å². The van der Waals surface area contributed by atoms with Gasteiger partial charge in [0.05, 0.1) is 13.2 Å². The number of hydrogen-bond acceptors (Lipinski definition) is 5. The number of carbonyl (C=O) groups is 1. The summed E-state index contributed by atoms with van der Waals surface area (Å²) in [6.07, 6.45) is 0.980. The van der Waals surface area contributed by atoms with Crippen LogP contribution in [0.1, 0.15) is 20.8 Å². The zero-order valence-electron chi connectivity index (χ0n) is 11.5. The Morgan fingerprint density at radius 2 is 2.16 bits per heavy atom. The third-order valence-corrected chi connectivity index (χ3v) is 2.20. The van der Waals surface area contributed by atoms with Crippen LogP contribution < -0.4 is 4.90 Å². The van der Waals surface area contributed by atoms with Crippen molar-refractivity contribution in [1.82, 2.24) is 9.97 Å². The number of rotatable bonds is 4. The summed E-state index contributed by atoms with van der Waals surface area (Å²) in [5.41, 5.74) is -0.584. The van der Waals surface area contributed by atoms with Crippen LogP contribution in [0.15, 0.2) is 12.3 Å². The Labute approximate surface area is 117 Å². The van der Waals surface area contributed by atoms with E-state index in [2.05, 4.69) is 9.97 Å². The van der Waals surface area contributed by atoms with Gasteiger partial charge in [0, 0.05) is 13.3 Å². The lowest BCUT2D eigenvalue weighted by Crippen LogP contribution is -2.39. The fraction of sp³-hybridized carbons (Fsp3) is 0.583. The highest BCUT2D eigenvalue weighted by Crippen LogP contribution is 2.16. The molecular formula is C12H18ClN3O3. The van der Waals surface area contributed by atoms with Gasteiger partial charge in [-0.3, -0.25) is 4.90 Å². The summed E-state index contributed by atoms with van der Waals surface area (Å²) in [5.74, 6) is 0.381. The number of amides is 1. The molecule has 7 heteroatoms. The fourth-order valence-electron chi connectivity index (χ4n) is 1.28. The van der Waals surface area contributed by atoms with Crippen LogP contribution in [0, 0.1) is 0 Å². The van der Waals surface area contributed by atoms with Gasteiger partial charge in [-0.1, -0.05) is 0 Å². The summed E-state index contributed by atoms with van der Waals surface area (Å²) in [7, 11) is 1.56. The van der Waals surface area contributed by atoms with Crippen LogP contribution in [-0.4, -0.2) is 41.9 Å². The minimum Gasteiger partial charge on any atom is -0.443 e. The van der Waals surface area contributed by atoms with Crippen molar-refractivity contribution in [3.8, 4) is 0 Å². The van der Waals surface area contributed by atoms with Gasteiger partial charge in [-0.05, 0) is 38.4 Å². The summed E-state index contributed by atoms with van der Waals surface area (Å²) < 4.78 is 10.3. The molecule has 0 aliphatic rings. The molecule has 1 heterocycles. The van der Waals surface area contributed by atoms with Gasteiger partial charge >= 0.3 is 6.09 Å². The molecule has 1 aromatic heterocycles. The highest BCUT2D eigenvalue weighted by molar-refractivity contribution is 6.28. The Morgan fingerprint density at radius 3 is 2.68 bits per heavy atom. The normalized spacial score (nSPS) is 11.2. The van der Waals surface area contributed by atoms with Crippen LogP contribution in [0.2, 0.25) is 5.28 Å². The number of hydrogen-bond donors (Lipinski definition) is 0. The van der Waals surface area contributed by atoms with Gasteiger partial charge in [0.15, 0.2) is 0 Å². The molecule has 0 aliphatic heterocycles. The molecule has 106 valence electrons. The molecule has 0 saturated heterocycles. The third-order valence-electron chi connectivity index (χ3n) is 2.02. The Kier molecular flexibility index (Phi) is 5.50. The summed E-state index contributed by atoms with van der Waals surface area (Å²) in [4.78, 5) is 21.3. The Hall–Kier alpha value is -1.40. The van der Waals surface area contributed by atoms with E-state index in [0.29, 0.717) is 19.0 Å². The van der Waals surface area contributed by atoms with Crippen LogP contribution in [-0.2, 0) is 9.47 Å². The number of anilines is 1. The number of ether oxygens (including phenoxy) is 2. The molecule has 6 nitrogen and oxygen atoms in total. The smallest absolute Gasteiger partial charge is 0.416 e.